The van der Waals surface area contributed by atoms with Crippen LogP contribution in [0.5, 0.6) is 0 Å². The van der Waals surface area contributed by atoms with Crippen LogP contribution in [-0.4, -0.2) is 11.1 Å². The van der Waals surface area contributed by atoms with Gasteiger partial charge in [0.25, 0.3) is 0 Å². The Labute approximate surface area is 128 Å². The van der Waals surface area contributed by atoms with Crippen molar-refractivity contribution >= 4 is 5.97 Å². The lowest BCUT2D eigenvalue weighted by Gasteiger charge is -2.09. The zero-order valence-electron chi connectivity index (χ0n) is 13.1. The van der Waals surface area contributed by atoms with Gasteiger partial charge >= 0.3 is 5.97 Å². The molecular weight excluding hydrogens is 260 g/mol. The zero-order chi connectivity index (χ0) is 15.3. The van der Waals surface area contributed by atoms with Crippen LogP contribution in [0.1, 0.15) is 57.4 Å². The summed E-state index contributed by atoms with van der Waals surface area (Å²) in [6.45, 7) is 2.04. The predicted octanol–water partition coefficient (Wildman–Crippen LogP) is 5.24. The van der Waals surface area contributed by atoms with Crippen LogP contribution < -0.4 is 0 Å². The largest absolute Gasteiger partial charge is 0.481 e. The molecule has 116 valence electrons. The topological polar surface area (TPSA) is 37.3 Å². The Kier molecular flexibility index (Phi) is 9.26. The fourth-order valence-corrected chi connectivity index (χ4v) is 2.53. The number of carbonyl (C=O) groups is 1. The third kappa shape index (κ3) is 8.34. The van der Waals surface area contributed by atoms with E-state index in [1.54, 1.807) is 0 Å². The molecule has 2 nitrogen and oxygen atoms in total. The monoisotopic (exact) mass is 288 g/mol. The summed E-state index contributed by atoms with van der Waals surface area (Å²) in [5.41, 5.74) is 1.40. The van der Waals surface area contributed by atoms with Crippen LogP contribution in [0.25, 0.3) is 0 Å². The van der Waals surface area contributed by atoms with Gasteiger partial charge in [-0.3, -0.25) is 4.79 Å². The van der Waals surface area contributed by atoms with Gasteiger partial charge in [0.1, 0.15) is 0 Å². The van der Waals surface area contributed by atoms with Crippen molar-refractivity contribution < 1.29 is 9.90 Å². The molecule has 2 heteroatoms. The highest BCUT2D eigenvalue weighted by molar-refractivity contribution is 5.69. The molecule has 0 amide bonds. The van der Waals surface area contributed by atoms with Crippen molar-refractivity contribution in [1.82, 2.24) is 0 Å². The molecule has 0 aliphatic rings. The second kappa shape index (κ2) is 11.1. The number of unbranched alkanes of at least 4 members (excludes halogenated alkanes) is 2. The molecule has 1 aromatic rings. The number of allylic oxidation sites excluding steroid dienone is 2. The molecule has 1 unspecified atom stereocenters. The molecule has 1 atom stereocenters. The fourth-order valence-electron chi connectivity index (χ4n) is 2.53. The Bertz CT molecular complexity index is 409. The first-order valence-corrected chi connectivity index (χ1v) is 8.15. The quantitative estimate of drug-likeness (QED) is 0.447. The van der Waals surface area contributed by atoms with Crippen molar-refractivity contribution in [3.63, 3.8) is 0 Å². The maximum absolute atomic E-state index is 11.0. The number of carboxylic acid groups (broad SMARTS) is 1. The van der Waals surface area contributed by atoms with Crippen molar-refractivity contribution in [2.45, 2.75) is 58.3 Å². The summed E-state index contributed by atoms with van der Waals surface area (Å²) in [6.07, 6.45) is 12.4. The summed E-state index contributed by atoms with van der Waals surface area (Å²) in [6, 6.07) is 10.6. The summed E-state index contributed by atoms with van der Waals surface area (Å²) in [5, 5.41) is 9.07. The number of benzene rings is 1. The average Bonchev–Trinajstić information content (AvgIpc) is 2.49. The smallest absolute Gasteiger partial charge is 0.306 e. The number of hydrogen-bond acceptors (Lipinski definition) is 1. The van der Waals surface area contributed by atoms with Crippen molar-refractivity contribution in [3.8, 4) is 0 Å². The van der Waals surface area contributed by atoms with Crippen LogP contribution in [0.3, 0.4) is 0 Å². The van der Waals surface area contributed by atoms with Crippen LogP contribution in [0.4, 0.5) is 0 Å². The summed E-state index contributed by atoms with van der Waals surface area (Å²) in [4.78, 5) is 11.0. The van der Waals surface area contributed by atoms with E-state index in [1.807, 2.05) is 13.0 Å². The van der Waals surface area contributed by atoms with Gasteiger partial charge in [0.05, 0.1) is 5.92 Å². The molecule has 1 aromatic carbocycles. The van der Waals surface area contributed by atoms with Crippen molar-refractivity contribution in [1.29, 1.82) is 0 Å². The minimum absolute atomic E-state index is 0.151. The molecular formula is C19H28O2. The lowest BCUT2D eigenvalue weighted by atomic mass is 9.97. The number of aliphatic carboxylic acids is 1. The van der Waals surface area contributed by atoms with E-state index in [4.69, 9.17) is 5.11 Å². The molecule has 0 spiro atoms. The van der Waals surface area contributed by atoms with Crippen LogP contribution in [0.15, 0.2) is 42.5 Å². The zero-order valence-corrected chi connectivity index (χ0v) is 13.1. The summed E-state index contributed by atoms with van der Waals surface area (Å²) in [5.74, 6) is -0.787. The first-order valence-electron chi connectivity index (χ1n) is 8.15. The van der Waals surface area contributed by atoms with Crippen LogP contribution >= 0.6 is 0 Å². The van der Waals surface area contributed by atoms with Crippen LogP contribution in [0.2, 0.25) is 0 Å². The Morgan fingerprint density at radius 1 is 1.10 bits per heavy atom. The Hall–Kier alpha value is -1.57. The molecule has 0 bridgehead atoms. The molecule has 0 fully saturated rings. The minimum Gasteiger partial charge on any atom is -0.481 e. The molecule has 0 saturated heterocycles. The molecule has 0 saturated carbocycles. The van der Waals surface area contributed by atoms with Gasteiger partial charge in [-0.05, 0) is 50.5 Å². The van der Waals surface area contributed by atoms with Crippen LogP contribution in [-0.2, 0) is 11.2 Å². The highest BCUT2D eigenvalue weighted by atomic mass is 16.4. The lowest BCUT2D eigenvalue weighted by Crippen LogP contribution is -2.13. The standard InChI is InChI=1S/C19H28O2/c1-2-12-18(19(20)21)16-11-6-4-3-5-8-13-17-14-9-7-10-15-17/h3-4,7,9-10,14-15,18H,2,5-6,8,11-13,16H2,1H3,(H,20,21). The number of hydrogen-bond donors (Lipinski definition) is 1. The lowest BCUT2D eigenvalue weighted by molar-refractivity contribution is -0.142. The first kappa shape index (κ1) is 17.5. The van der Waals surface area contributed by atoms with Gasteiger partial charge in [-0.1, -0.05) is 55.8 Å². The maximum atomic E-state index is 11.0. The van der Waals surface area contributed by atoms with Crippen molar-refractivity contribution in [2.24, 2.45) is 5.92 Å². The summed E-state index contributed by atoms with van der Waals surface area (Å²) in [7, 11) is 0. The highest BCUT2D eigenvalue weighted by Gasteiger charge is 2.14. The van der Waals surface area contributed by atoms with Crippen molar-refractivity contribution in [2.75, 3.05) is 0 Å². The Morgan fingerprint density at radius 3 is 2.38 bits per heavy atom. The number of rotatable bonds is 11. The molecule has 0 heterocycles. The van der Waals surface area contributed by atoms with Crippen molar-refractivity contribution in [3.05, 3.63) is 48.0 Å². The molecule has 0 aliphatic heterocycles. The minimum atomic E-state index is -0.635. The Morgan fingerprint density at radius 2 is 1.76 bits per heavy atom. The predicted molar refractivity (Wildman–Crippen MR) is 88.4 cm³/mol. The highest BCUT2D eigenvalue weighted by Crippen LogP contribution is 2.15. The molecule has 1 N–H and O–H groups in total. The maximum Gasteiger partial charge on any atom is 0.306 e. The van der Waals surface area contributed by atoms with E-state index in [0.29, 0.717) is 0 Å². The van der Waals surface area contributed by atoms with E-state index >= 15 is 0 Å². The van der Waals surface area contributed by atoms with E-state index in [0.717, 1.165) is 44.9 Å². The van der Waals surface area contributed by atoms with Gasteiger partial charge in [0.15, 0.2) is 0 Å². The molecule has 1 rings (SSSR count). The average molecular weight is 288 g/mol. The van der Waals surface area contributed by atoms with E-state index < -0.39 is 5.97 Å². The fraction of sp³-hybridized carbons (Fsp3) is 0.526. The van der Waals surface area contributed by atoms with E-state index in [1.165, 1.54) is 12.0 Å². The normalized spacial score (nSPS) is 12.6. The van der Waals surface area contributed by atoms with Gasteiger partial charge in [0.2, 0.25) is 0 Å². The molecule has 0 radical (unpaired) electrons. The van der Waals surface area contributed by atoms with Gasteiger partial charge in [-0.25, -0.2) is 0 Å². The third-order valence-corrected chi connectivity index (χ3v) is 3.76. The second-order valence-corrected chi connectivity index (χ2v) is 5.60. The first-order chi connectivity index (χ1) is 10.2. The van der Waals surface area contributed by atoms with E-state index in [-0.39, 0.29) is 5.92 Å². The SMILES string of the molecule is CCCC(CCCC=CCCCc1ccccc1)C(=O)O. The van der Waals surface area contributed by atoms with Gasteiger partial charge in [-0.15, -0.1) is 0 Å². The second-order valence-electron chi connectivity index (χ2n) is 5.60. The van der Waals surface area contributed by atoms with Gasteiger partial charge < -0.3 is 5.11 Å². The van der Waals surface area contributed by atoms with Gasteiger partial charge in [-0.2, -0.15) is 0 Å². The molecule has 0 aliphatic carbocycles. The molecule has 0 aromatic heterocycles. The third-order valence-electron chi connectivity index (χ3n) is 3.76. The van der Waals surface area contributed by atoms with E-state index in [9.17, 15) is 4.79 Å². The Balaban J connectivity index is 2.06. The van der Waals surface area contributed by atoms with Crippen LogP contribution in [0, 0.1) is 5.92 Å². The van der Waals surface area contributed by atoms with E-state index in [2.05, 4.69) is 36.4 Å². The number of carboxylic acids is 1. The number of aryl methyl sites for hydroxylation is 1. The summed E-state index contributed by atoms with van der Waals surface area (Å²) >= 11 is 0. The summed E-state index contributed by atoms with van der Waals surface area (Å²) < 4.78 is 0. The van der Waals surface area contributed by atoms with Gasteiger partial charge in [0, 0.05) is 0 Å². The molecule has 21 heavy (non-hydrogen) atoms.